The molecule has 0 fully saturated rings. The van der Waals surface area contributed by atoms with Crippen molar-refractivity contribution in [2.45, 2.75) is 6.92 Å². The number of amidine groups is 1. The third-order valence-electron chi connectivity index (χ3n) is 10.6. The Morgan fingerprint density at radius 1 is 0.592 bits per heavy atom. The summed E-state index contributed by atoms with van der Waals surface area (Å²) in [6, 6.07) is 65.1. The number of aromatic nitrogens is 2. The molecule has 0 saturated heterocycles. The summed E-state index contributed by atoms with van der Waals surface area (Å²) >= 11 is 6.97. The maximum Gasteiger partial charge on any atom is 1.00 e. The van der Waals surface area contributed by atoms with Crippen molar-refractivity contribution in [2.75, 3.05) is 6.61 Å². The minimum Gasteiger partial charge on any atom is -0.870 e. The molecular weight excluding hydrogens is 1050 g/mol. The molecule has 0 aliphatic rings. The van der Waals surface area contributed by atoms with E-state index in [1.54, 1.807) is 19.1 Å². The predicted molar refractivity (Wildman–Crippen MR) is 294 cm³/mol. The SMILES string of the molecule is Brc1cccc(-c2cc(-c3cccc4c3oc3ccccc34)nc(-c3ccccc3)n2)c1.CCO.Cl.N=C(N)c1ccccc1.O=C(/C=C/c1cccc2c1oc1ccccc12)c1cccc(Br)c1.[Na+].[OH-]. The van der Waals surface area contributed by atoms with E-state index in [2.05, 4.69) is 68.3 Å². The number of benzene rings is 8. The van der Waals surface area contributed by atoms with E-state index in [1.165, 1.54) is 0 Å². The third-order valence-corrected chi connectivity index (χ3v) is 11.6. The first-order valence-electron chi connectivity index (χ1n) is 21.7. The van der Waals surface area contributed by atoms with E-state index in [1.807, 2.05) is 164 Å². The number of para-hydroxylation sites is 4. The summed E-state index contributed by atoms with van der Waals surface area (Å²) in [5.74, 6) is 0.770. The van der Waals surface area contributed by atoms with Crippen molar-refractivity contribution in [2.24, 2.45) is 5.73 Å². The van der Waals surface area contributed by atoms with Gasteiger partial charge in [-0.15, -0.1) is 12.4 Å². The Labute approximate surface area is 456 Å². The molecule has 71 heavy (non-hydrogen) atoms. The van der Waals surface area contributed by atoms with Crippen LogP contribution in [0.2, 0.25) is 0 Å². The van der Waals surface area contributed by atoms with E-state index < -0.39 is 0 Å². The number of furan rings is 2. The summed E-state index contributed by atoms with van der Waals surface area (Å²) in [6.07, 6.45) is 3.40. The Kier molecular flexibility index (Phi) is 20.8. The Hall–Kier alpha value is -6.51. The van der Waals surface area contributed by atoms with Gasteiger partial charge in [0.2, 0.25) is 0 Å². The maximum absolute atomic E-state index is 12.3. The molecule has 5 N–H and O–H groups in total. The van der Waals surface area contributed by atoms with Crippen molar-refractivity contribution in [1.29, 1.82) is 5.41 Å². The molecule has 0 amide bonds. The van der Waals surface area contributed by atoms with Crippen molar-refractivity contribution in [1.82, 2.24) is 9.97 Å². The standard InChI is InChI=1S/C28H17BrN2O.C21H13BrO2.C7H8N2.C2H6O.ClH.Na.H2O/c29-20-11-6-10-19(16-20)24-17-25(31-28(30-24)18-8-2-1-3-9-18)23-14-7-13-22-21-12-4-5-15-26(21)32-27(22)23;22-16-7-3-6-15(13-16)19(23)12-11-14-5-4-9-18-17-8-1-2-10-20(17)24-21(14)18;8-7(9)6-4-2-1-3-5-6;1-2-3;;;/h1-17H;1-13H;1-5H,(H3,8,9);3H,2H2,1H3;1H;;1H2/q;;;;;+1;/p-1/b;12-11+;;;;;. The molecule has 0 aliphatic heterocycles. The van der Waals surface area contributed by atoms with Crippen LogP contribution in [0.5, 0.6) is 0 Å². The number of carbonyl (C=O) groups excluding carboxylic acids is 1. The molecule has 0 saturated carbocycles. The number of ketones is 1. The van der Waals surface area contributed by atoms with Crippen molar-refractivity contribution in [3.63, 3.8) is 0 Å². The number of nitrogens with two attached hydrogens (primary N) is 1. The zero-order chi connectivity index (χ0) is 47.4. The van der Waals surface area contributed by atoms with Crippen molar-refractivity contribution in [3.05, 3.63) is 232 Å². The molecule has 350 valence electrons. The monoisotopic (exact) mass is 1090 g/mol. The number of nitrogens with one attached hydrogen (secondary N) is 1. The second-order valence-electron chi connectivity index (χ2n) is 15.2. The van der Waals surface area contributed by atoms with Crippen LogP contribution in [0.15, 0.2) is 224 Å². The van der Waals surface area contributed by atoms with Crippen molar-refractivity contribution in [3.8, 4) is 33.9 Å². The molecule has 13 heteroatoms. The zero-order valence-corrected chi connectivity index (χ0v) is 44.7. The molecule has 11 rings (SSSR count). The van der Waals surface area contributed by atoms with Crippen LogP contribution in [0, 0.1) is 5.41 Å². The Balaban J connectivity index is 0.000000212. The number of carbonyl (C=O) groups is 1. The van der Waals surface area contributed by atoms with Crippen LogP contribution in [-0.4, -0.2) is 38.8 Å². The average Bonchev–Trinajstić information content (AvgIpc) is 3.96. The summed E-state index contributed by atoms with van der Waals surface area (Å²) in [6.45, 7) is 1.93. The second-order valence-corrected chi connectivity index (χ2v) is 17.1. The molecule has 0 aliphatic carbocycles. The number of allylic oxidation sites excluding steroid dienone is 1. The fourth-order valence-electron chi connectivity index (χ4n) is 7.47. The first-order chi connectivity index (χ1) is 33.2. The van der Waals surface area contributed by atoms with Crippen molar-refractivity contribution >= 4 is 106 Å². The topological polar surface area (TPSA) is 169 Å². The molecular formula is C58H46Br2ClN4NaO5. The van der Waals surface area contributed by atoms with Gasteiger partial charge >= 0.3 is 29.6 Å². The molecule has 0 unspecified atom stereocenters. The summed E-state index contributed by atoms with van der Waals surface area (Å²) in [7, 11) is 0. The summed E-state index contributed by atoms with van der Waals surface area (Å²) < 4.78 is 14.2. The van der Waals surface area contributed by atoms with Crippen molar-refractivity contribution < 1.29 is 53.8 Å². The van der Waals surface area contributed by atoms with Gasteiger partial charge in [0.05, 0.1) is 11.4 Å². The zero-order valence-electron chi connectivity index (χ0n) is 38.7. The average molecular weight is 1100 g/mol. The number of rotatable bonds is 7. The summed E-state index contributed by atoms with van der Waals surface area (Å²) in [5, 5.41) is 18.9. The molecule has 0 atom stereocenters. The van der Waals surface area contributed by atoms with Crippen LogP contribution in [-0.2, 0) is 0 Å². The molecule has 11 aromatic rings. The van der Waals surface area contributed by atoms with E-state index in [0.29, 0.717) is 11.4 Å². The number of fused-ring (bicyclic) bond motifs is 6. The Bertz CT molecular complexity index is 3570. The van der Waals surface area contributed by atoms with Crippen LogP contribution >= 0.6 is 44.3 Å². The number of aliphatic hydroxyl groups is 1. The normalized spacial score (nSPS) is 10.4. The van der Waals surface area contributed by atoms with E-state index in [4.69, 9.17) is 35.1 Å². The number of halogens is 3. The first-order valence-corrected chi connectivity index (χ1v) is 23.3. The predicted octanol–water partition coefficient (Wildman–Crippen LogP) is 12.6. The fourth-order valence-corrected chi connectivity index (χ4v) is 8.27. The van der Waals surface area contributed by atoms with E-state index >= 15 is 0 Å². The van der Waals surface area contributed by atoms with Gasteiger partial charge in [0, 0.05) is 70.5 Å². The number of hydrogen-bond acceptors (Lipinski definition) is 8. The van der Waals surface area contributed by atoms with Crippen LogP contribution in [0.25, 0.3) is 83.9 Å². The van der Waals surface area contributed by atoms with E-state index in [0.717, 1.165) is 92.0 Å². The minimum absolute atomic E-state index is 0. The molecule has 3 heterocycles. The quantitative estimate of drug-likeness (QED) is 0.0466. The second kappa shape index (κ2) is 26.6. The maximum atomic E-state index is 12.3. The summed E-state index contributed by atoms with van der Waals surface area (Å²) in [4.78, 5) is 22.2. The molecule has 8 aromatic carbocycles. The van der Waals surface area contributed by atoms with Gasteiger partial charge in [-0.05, 0) is 67.6 Å². The van der Waals surface area contributed by atoms with Gasteiger partial charge in [0.15, 0.2) is 11.6 Å². The first kappa shape index (κ1) is 55.4. The minimum atomic E-state index is -0.0376. The summed E-state index contributed by atoms with van der Waals surface area (Å²) in [5.41, 5.74) is 15.5. The van der Waals surface area contributed by atoms with E-state index in [9.17, 15) is 4.79 Å². The van der Waals surface area contributed by atoms with Crippen LogP contribution in [0.1, 0.15) is 28.4 Å². The molecule has 0 radical (unpaired) electrons. The van der Waals surface area contributed by atoms with Gasteiger partial charge < -0.3 is 25.2 Å². The molecule has 0 bridgehead atoms. The number of nitrogen functional groups attached to an aromatic ring is 1. The Morgan fingerprint density at radius 2 is 1.07 bits per heavy atom. The van der Waals surface area contributed by atoms with Crippen LogP contribution < -0.4 is 35.3 Å². The number of hydrogen-bond donors (Lipinski definition) is 3. The number of aliphatic hydroxyl groups excluding tert-OH is 1. The van der Waals surface area contributed by atoms with Gasteiger partial charge in [-0.1, -0.05) is 184 Å². The number of nitrogens with zero attached hydrogens (tertiary/aromatic N) is 2. The largest absolute Gasteiger partial charge is 1.00 e. The Morgan fingerprint density at radius 3 is 1.68 bits per heavy atom. The van der Waals surface area contributed by atoms with E-state index in [-0.39, 0.29) is 65.7 Å². The molecule has 9 nitrogen and oxygen atoms in total. The third kappa shape index (κ3) is 13.7. The van der Waals surface area contributed by atoms with Crippen LogP contribution in [0.4, 0.5) is 0 Å². The molecule has 3 aromatic heterocycles. The molecule has 0 spiro atoms. The van der Waals surface area contributed by atoms with Gasteiger partial charge in [0.1, 0.15) is 28.2 Å². The van der Waals surface area contributed by atoms with Gasteiger partial charge in [-0.3, -0.25) is 10.2 Å². The van der Waals surface area contributed by atoms with Gasteiger partial charge in [0.25, 0.3) is 0 Å². The fraction of sp³-hybridized carbons (Fsp3) is 0.0345. The smallest absolute Gasteiger partial charge is 0.870 e. The van der Waals surface area contributed by atoms with Crippen LogP contribution in [0.3, 0.4) is 0 Å². The van der Waals surface area contributed by atoms with Gasteiger partial charge in [-0.2, -0.15) is 0 Å². The van der Waals surface area contributed by atoms with Gasteiger partial charge in [-0.25, -0.2) is 9.97 Å².